The van der Waals surface area contributed by atoms with Crippen LogP contribution in [0.25, 0.3) is 0 Å². The number of nitrogens with two attached hydrogens (primary N) is 2. The van der Waals surface area contributed by atoms with Gasteiger partial charge >= 0.3 is 0 Å². The fraction of sp³-hybridized carbons (Fsp3) is 0.385. The first-order valence-corrected chi connectivity index (χ1v) is 5.73. The number of benzene rings is 1. The fourth-order valence-corrected chi connectivity index (χ4v) is 1.77. The largest absolute Gasteiger partial charge is 0.398 e. The van der Waals surface area contributed by atoms with E-state index in [0.29, 0.717) is 5.69 Å². The van der Waals surface area contributed by atoms with Crippen LogP contribution in [0.5, 0.6) is 0 Å². The SMILES string of the molecule is CC(C)(CC(N)=O)NC(=O)Cc1ccccc1N. The van der Waals surface area contributed by atoms with E-state index in [1.54, 1.807) is 26.0 Å². The van der Waals surface area contributed by atoms with Gasteiger partial charge in [0.1, 0.15) is 0 Å². The Bertz CT molecular complexity index is 455. The second kappa shape index (κ2) is 5.53. The van der Waals surface area contributed by atoms with Crippen molar-refractivity contribution >= 4 is 17.5 Å². The Labute approximate surface area is 107 Å². The molecule has 0 heterocycles. The number of carbonyl (C=O) groups is 2. The van der Waals surface area contributed by atoms with E-state index in [4.69, 9.17) is 11.5 Å². The maximum atomic E-state index is 11.8. The zero-order valence-electron chi connectivity index (χ0n) is 10.7. The summed E-state index contributed by atoms with van der Waals surface area (Å²) < 4.78 is 0. The molecule has 5 nitrogen and oxygen atoms in total. The maximum Gasteiger partial charge on any atom is 0.224 e. The quantitative estimate of drug-likeness (QED) is 0.666. The van der Waals surface area contributed by atoms with Crippen LogP contribution in [0.3, 0.4) is 0 Å². The molecule has 5 heteroatoms. The second-order valence-electron chi connectivity index (χ2n) is 4.95. The average molecular weight is 249 g/mol. The summed E-state index contributed by atoms with van der Waals surface area (Å²) in [6, 6.07) is 7.19. The van der Waals surface area contributed by atoms with Crippen LogP contribution in [0.2, 0.25) is 0 Å². The highest BCUT2D eigenvalue weighted by Crippen LogP contribution is 2.13. The number of hydrogen-bond donors (Lipinski definition) is 3. The summed E-state index contributed by atoms with van der Waals surface area (Å²) in [5.74, 6) is -0.626. The summed E-state index contributed by atoms with van der Waals surface area (Å²) in [6.07, 6.45) is 0.290. The highest BCUT2D eigenvalue weighted by molar-refractivity contribution is 5.82. The van der Waals surface area contributed by atoms with Gasteiger partial charge in [-0.25, -0.2) is 0 Å². The second-order valence-corrected chi connectivity index (χ2v) is 4.95. The number of rotatable bonds is 5. The Morgan fingerprint density at radius 2 is 1.89 bits per heavy atom. The molecule has 5 N–H and O–H groups in total. The maximum absolute atomic E-state index is 11.8. The van der Waals surface area contributed by atoms with Crippen molar-refractivity contribution in [2.45, 2.75) is 32.2 Å². The van der Waals surface area contributed by atoms with Gasteiger partial charge in [-0.2, -0.15) is 0 Å². The van der Waals surface area contributed by atoms with Crippen LogP contribution in [0.4, 0.5) is 5.69 Å². The molecule has 2 amide bonds. The van der Waals surface area contributed by atoms with Gasteiger partial charge in [-0.3, -0.25) is 9.59 Å². The van der Waals surface area contributed by atoms with Crippen LogP contribution in [0.1, 0.15) is 25.8 Å². The van der Waals surface area contributed by atoms with Crippen LogP contribution in [-0.2, 0) is 16.0 Å². The average Bonchev–Trinajstić information content (AvgIpc) is 2.18. The molecule has 18 heavy (non-hydrogen) atoms. The van der Waals surface area contributed by atoms with Gasteiger partial charge in [-0.05, 0) is 25.5 Å². The molecule has 0 saturated carbocycles. The predicted octanol–water partition coefficient (Wildman–Crippen LogP) is 0.582. The minimum Gasteiger partial charge on any atom is -0.398 e. The summed E-state index contributed by atoms with van der Waals surface area (Å²) >= 11 is 0. The van der Waals surface area contributed by atoms with Gasteiger partial charge in [0.25, 0.3) is 0 Å². The van der Waals surface area contributed by atoms with E-state index in [1.807, 2.05) is 12.1 Å². The summed E-state index contributed by atoms with van der Waals surface area (Å²) in [5, 5.41) is 2.77. The van der Waals surface area contributed by atoms with Crippen molar-refractivity contribution < 1.29 is 9.59 Å². The number of nitrogens with one attached hydrogen (secondary N) is 1. The lowest BCUT2D eigenvalue weighted by molar-refractivity contribution is -0.123. The van der Waals surface area contributed by atoms with Crippen molar-refractivity contribution in [3.63, 3.8) is 0 Å². The molecule has 0 bridgehead atoms. The zero-order valence-corrected chi connectivity index (χ0v) is 10.7. The third-order valence-corrected chi connectivity index (χ3v) is 2.50. The van der Waals surface area contributed by atoms with Crippen molar-refractivity contribution in [3.05, 3.63) is 29.8 Å². The van der Waals surface area contributed by atoms with Gasteiger partial charge in [0.05, 0.1) is 6.42 Å². The molecule has 0 atom stereocenters. The predicted molar refractivity (Wildman–Crippen MR) is 70.6 cm³/mol. The molecular formula is C13H19N3O2. The van der Waals surface area contributed by atoms with E-state index in [-0.39, 0.29) is 18.7 Å². The van der Waals surface area contributed by atoms with Gasteiger partial charge in [-0.1, -0.05) is 18.2 Å². The molecule has 0 aliphatic heterocycles. The van der Waals surface area contributed by atoms with Gasteiger partial charge in [-0.15, -0.1) is 0 Å². The van der Waals surface area contributed by atoms with E-state index in [1.165, 1.54) is 0 Å². The van der Waals surface area contributed by atoms with Crippen molar-refractivity contribution in [2.75, 3.05) is 5.73 Å². The van der Waals surface area contributed by atoms with Crippen molar-refractivity contribution in [2.24, 2.45) is 5.73 Å². The van der Waals surface area contributed by atoms with Crippen LogP contribution in [-0.4, -0.2) is 17.4 Å². The van der Waals surface area contributed by atoms with Crippen LogP contribution in [0.15, 0.2) is 24.3 Å². The van der Waals surface area contributed by atoms with E-state index in [0.717, 1.165) is 5.56 Å². The zero-order chi connectivity index (χ0) is 13.8. The van der Waals surface area contributed by atoms with Gasteiger partial charge in [0, 0.05) is 17.6 Å². The highest BCUT2D eigenvalue weighted by Gasteiger charge is 2.22. The standard InChI is InChI=1S/C13H19N3O2/c1-13(2,8-11(15)17)16-12(18)7-9-5-3-4-6-10(9)14/h3-6H,7-8,14H2,1-2H3,(H2,15,17)(H,16,18). The number of nitrogen functional groups attached to an aromatic ring is 1. The summed E-state index contributed by atoms with van der Waals surface area (Å²) in [5.41, 5.74) is 11.6. The molecule has 0 radical (unpaired) electrons. The minimum atomic E-state index is -0.646. The van der Waals surface area contributed by atoms with E-state index in [2.05, 4.69) is 5.32 Å². The highest BCUT2D eigenvalue weighted by atomic mass is 16.2. The Morgan fingerprint density at radius 1 is 1.28 bits per heavy atom. The van der Waals surface area contributed by atoms with E-state index < -0.39 is 11.4 Å². The molecule has 0 spiro atoms. The molecule has 0 aliphatic carbocycles. The number of para-hydroxylation sites is 1. The molecule has 1 aromatic rings. The monoisotopic (exact) mass is 249 g/mol. The van der Waals surface area contributed by atoms with Crippen molar-refractivity contribution in [3.8, 4) is 0 Å². The van der Waals surface area contributed by atoms with Crippen molar-refractivity contribution in [1.82, 2.24) is 5.32 Å². The summed E-state index contributed by atoms with van der Waals surface area (Å²) in [7, 11) is 0. The van der Waals surface area contributed by atoms with Gasteiger partial charge in [0.15, 0.2) is 0 Å². The normalized spacial score (nSPS) is 11.0. The summed E-state index contributed by atoms with van der Waals surface area (Å²) in [6.45, 7) is 3.51. The van der Waals surface area contributed by atoms with E-state index in [9.17, 15) is 9.59 Å². The Balaban J connectivity index is 2.62. The lowest BCUT2D eigenvalue weighted by atomic mass is 9.99. The molecule has 98 valence electrons. The van der Waals surface area contributed by atoms with Gasteiger partial charge in [0.2, 0.25) is 11.8 Å². The molecule has 0 aliphatic rings. The molecule has 1 aromatic carbocycles. The minimum absolute atomic E-state index is 0.100. The topological polar surface area (TPSA) is 98.2 Å². The first kappa shape index (κ1) is 14.0. The van der Waals surface area contributed by atoms with Crippen molar-refractivity contribution in [1.29, 1.82) is 0 Å². The first-order chi connectivity index (χ1) is 8.30. The molecule has 1 rings (SSSR count). The van der Waals surface area contributed by atoms with Crippen LogP contribution >= 0.6 is 0 Å². The Kier molecular flexibility index (Phi) is 4.31. The molecular weight excluding hydrogens is 230 g/mol. The lowest BCUT2D eigenvalue weighted by Gasteiger charge is -2.24. The number of carbonyl (C=O) groups excluding carboxylic acids is 2. The first-order valence-electron chi connectivity index (χ1n) is 5.73. The van der Waals surface area contributed by atoms with Gasteiger partial charge < -0.3 is 16.8 Å². The van der Waals surface area contributed by atoms with E-state index >= 15 is 0 Å². The Morgan fingerprint density at radius 3 is 2.44 bits per heavy atom. The number of hydrogen-bond acceptors (Lipinski definition) is 3. The molecule has 0 unspecified atom stereocenters. The summed E-state index contributed by atoms with van der Waals surface area (Å²) in [4.78, 5) is 22.7. The third-order valence-electron chi connectivity index (χ3n) is 2.50. The molecule has 0 aromatic heterocycles. The smallest absolute Gasteiger partial charge is 0.224 e. The van der Waals surface area contributed by atoms with Crippen LogP contribution < -0.4 is 16.8 Å². The molecule has 0 fully saturated rings. The molecule has 0 saturated heterocycles. The fourth-order valence-electron chi connectivity index (χ4n) is 1.77. The number of primary amides is 1. The Hall–Kier alpha value is -2.04. The number of amides is 2. The lowest BCUT2D eigenvalue weighted by Crippen LogP contribution is -2.46. The third kappa shape index (κ3) is 4.45. The number of anilines is 1. The van der Waals surface area contributed by atoms with Crippen LogP contribution in [0, 0.1) is 0 Å².